The van der Waals surface area contributed by atoms with Gasteiger partial charge in [0.05, 0.1) is 11.9 Å². The fraction of sp³-hybridized carbons (Fsp3) is 0.652. The highest BCUT2D eigenvalue weighted by molar-refractivity contribution is 5.91. The maximum absolute atomic E-state index is 12.1. The molecule has 1 aliphatic heterocycles. The Morgan fingerprint density at radius 1 is 1.18 bits per heavy atom. The van der Waals surface area contributed by atoms with Crippen LogP contribution in [0.4, 0.5) is 0 Å². The molecular formula is C23H36N4O. The molecule has 1 aromatic rings. The van der Waals surface area contributed by atoms with E-state index in [9.17, 15) is 4.79 Å². The number of fused-ring (bicyclic) bond motifs is 1. The number of carbonyl (C=O) groups excluding carboxylic acids is 1. The van der Waals surface area contributed by atoms with Crippen molar-refractivity contribution in [1.29, 1.82) is 0 Å². The number of carbonyl (C=O) groups is 1. The Balaban J connectivity index is 1.95. The number of hydrogen-bond donors (Lipinski definition) is 0. The number of unbranched alkanes of at least 4 members (excludes halogenated alkanes) is 1. The van der Waals surface area contributed by atoms with Crippen LogP contribution in [0.1, 0.15) is 68.6 Å². The molecule has 0 spiro atoms. The lowest BCUT2D eigenvalue weighted by atomic mass is 9.91. The summed E-state index contributed by atoms with van der Waals surface area (Å²) in [6, 6.07) is 5.65. The molecule has 1 saturated carbocycles. The summed E-state index contributed by atoms with van der Waals surface area (Å²) in [6.45, 7) is 2.20. The minimum Gasteiger partial charge on any atom is -0.345 e. The number of hydrogen-bond acceptors (Lipinski definition) is 4. The number of rotatable bonds is 6. The van der Waals surface area contributed by atoms with E-state index in [0.29, 0.717) is 12.1 Å². The number of aromatic nitrogens is 1. The highest BCUT2D eigenvalue weighted by Crippen LogP contribution is 2.42. The number of nitrogens with zero attached hydrogens (tertiary/aromatic N) is 4. The van der Waals surface area contributed by atoms with Crippen LogP contribution in [0, 0.1) is 0 Å². The molecule has 154 valence electrons. The van der Waals surface area contributed by atoms with Gasteiger partial charge in [-0.3, -0.25) is 19.6 Å². The molecule has 2 aliphatic rings. The molecule has 2 unspecified atom stereocenters. The minimum atomic E-state index is -0.00601. The zero-order valence-corrected chi connectivity index (χ0v) is 18.2. The van der Waals surface area contributed by atoms with Crippen LogP contribution >= 0.6 is 0 Å². The summed E-state index contributed by atoms with van der Waals surface area (Å²) < 4.78 is 0. The monoisotopic (exact) mass is 384 g/mol. The highest BCUT2D eigenvalue weighted by atomic mass is 16.2. The Hall–Kier alpha value is -1.72. The summed E-state index contributed by atoms with van der Waals surface area (Å²) in [4.78, 5) is 23.7. The quantitative estimate of drug-likeness (QED) is 0.701. The second-order valence-electron chi connectivity index (χ2n) is 8.57. The van der Waals surface area contributed by atoms with E-state index in [2.05, 4.69) is 43.0 Å². The fourth-order valence-electron chi connectivity index (χ4n) is 4.81. The van der Waals surface area contributed by atoms with Crippen molar-refractivity contribution in [1.82, 2.24) is 19.7 Å². The lowest BCUT2D eigenvalue weighted by Crippen LogP contribution is -2.37. The molecule has 1 saturated heterocycles. The van der Waals surface area contributed by atoms with Crippen LogP contribution < -0.4 is 0 Å². The smallest absolute Gasteiger partial charge is 0.246 e. The van der Waals surface area contributed by atoms with Gasteiger partial charge in [0.15, 0.2) is 0 Å². The lowest BCUT2D eigenvalue weighted by molar-refractivity contribution is -0.123. The van der Waals surface area contributed by atoms with Gasteiger partial charge in [0, 0.05) is 43.5 Å². The van der Waals surface area contributed by atoms with Gasteiger partial charge in [-0.1, -0.05) is 32.3 Å². The van der Waals surface area contributed by atoms with Gasteiger partial charge in [0.25, 0.3) is 0 Å². The summed E-state index contributed by atoms with van der Waals surface area (Å²) in [7, 11) is 8.06. The zero-order chi connectivity index (χ0) is 20.3. The summed E-state index contributed by atoms with van der Waals surface area (Å²) in [6.07, 6.45) is 12.3. The first-order chi connectivity index (χ1) is 13.4. The van der Waals surface area contributed by atoms with E-state index in [0.717, 1.165) is 30.7 Å². The first-order valence-corrected chi connectivity index (χ1v) is 10.8. The average Bonchev–Trinajstić information content (AvgIpc) is 2.95. The summed E-state index contributed by atoms with van der Waals surface area (Å²) in [5.41, 5.74) is 3.26. The van der Waals surface area contributed by atoms with Crippen LogP contribution in [0.2, 0.25) is 0 Å². The molecule has 2 atom stereocenters. The average molecular weight is 385 g/mol. The summed E-state index contributed by atoms with van der Waals surface area (Å²) in [5, 5.41) is 0. The summed E-state index contributed by atoms with van der Waals surface area (Å²) >= 11 is 0. The third-order valence-electron chi connectivity index (χ3n) is 6.42. The Morgan fingerprint density at radius 3 is 2.39 bits per heavy atom. The third-order valence-corrected chi connectivity index (χ3v) is 6.42. The second kappa shape index (κ2) is 9.19. The van der Waals surface area contributed by atoms with Crippen molar-refractivity contribution in [3.8, 4) is 0 Å². The van der Waals surface area contributed by atoms with Gasteiger partial charge in [0.2, 0.25) is 5.91 Å². The van der Waals surface area contributed by atoms with Crippen molar-refractivity contribution in [3.05, 3.63) is 35.2 Å². The standard InChI is InChI=1S/C23H36N4O/c1-6-7-10-17-13-14-18(19(24-17)15-16-22(28)25(2)3)23-26(4)20-11-8-9-12-21(20)27(23)5/h13-16,20-21,23H,6-12H2,1-5H3/b16-15+. The first-order valence-electron chi connectivity index (χ1n) is 10.8. The molecule has 28 heavy (non-hydrogen) atoms. The normalized spacial score (nSPS) is 26.0. The maximum atomic E-state index is 12.1. The number of amides is 1. The Labute approximate surface area is 170 Å². The summed E-state index contributed by atoms with van der Waals surface area (Å²) in [5.74, 6) is -0.00601. The lowest BCUT2D eigenvalue weighted by Gasteiger charge is -2.29. The number of pyridine rings is 1. The van der Waals surface area contributed by atoms with Crippen molar-refractivity contribution in [2.45, 2.75) is 70.1 Å². The van der Waals surface area contributed by atoms with Crippen LogP contribution in [-0.4, -0.2) is 65.9 Å². The molecule has 5 heteroatoms. The molecule has 0 bridgehead atoms. The molecule has 0 aromatic carbocycles. The number of likely N-dealkylation sites (N-methyl/N-ethyl adjacent to an activating group) is 3. The highest BCUT2D eigenvalue weighted by Gasteiger charge is 2.45. The number of aryl methyl sites for hydroxylation is 1. The Morgan fingerprint density at radius 2 is 1.82 bits per heavy atom. The van der Waals surface area contributed by atoms with Crippen LogP contribution in [0.15, 0.2) is 18.2 Å². The van der Waals surface area contributed by atoms with Gasteiger partial charge in [0.1, 0.15) is 0 Å². The van der Waals surface area contributed by atoms with Crippen LogP contribution in [-0.2, 0) is 11.2 Å². The van der Waals surface area contributed by atoms with E-state index in [1.807, 2.05) is 6.08 Å². The molecule has 0 N–H and O–H groups in total. The minimum absolute atomic E-state index is 0.00601. The van der Waals surface area contributed by atoms with E-state index < -0.39 is 0 Å². The van der Waals surface area contributed by atoms with Crippen LogP contribution in [0.25, 0.3) is 6.08 Å². The molecule has 1 amide bonds. The second-order valence-corrected chi connectivity index (χ2v) is 8.57. The molecule has 5 nitrogen and oxygen atoms in total. The molecule has 0 radical (unpaired) electrons. The van der Waals surface area contributed by atoms with Crippen molar-refractivity contribution >= 4 is 12.0 Å². The predicted octanol–water partition coefficient (Wildman–Crippen LogP) is 3.71. The molecule has 3 rings (SSSR count). The Bertz CT molecular complexity index is 697. The largest absolute Gasteiger partial charge is 0.345 e. The van der Waals surface area contributed by atoms with Crippen molar-refractivity contribution in [2.24, 2.45) is 0 Å². The van der Waals surface area contributed by atoms with E-state index >= 15 is 0 Å². The molecular weight excluding hydrogens is 348 g/mol. The predicted molar refractivity (Wildman–Crippen MR) is 115 cm³/mol. The fourth-order valence-corrected chi connectivity index (χ4v) is 4.81. The van der Waals surface area contributed by atoms with Crippen LogP contribution in [0.5, 0.6) is 0 Å². The van der Waals surface area contributed by atoms with Gasteiger partial charge in [-0.2, -0.15) is 0 Å². The van der Waals surface area contributed by atoms with E-state index in [1.165, 1.54) is 31.2 Å². The first kappa shape index (κ1) is 21.0. The molecule has 2 fully saturated rings. The van der Waals surface area contributed by atoms with E-state index in [4.69, 9.17) is 4.98 Å². The van der Waals surface area contributed by atoms with Crippen molar-refractivity contribution in [2.75, 3.05) is 28.2 Å². The van der Waals surface area contributed by atoms with E-state index in [1.54, 1.807) is 25.1 Å². The van der Waals surface area contributed by atoms with Gasteiger partial charge in [-0.05, 0) is 51.9 Å². The van der Waals surface area contributed by atoms with Gasteiger partial charge in [-0.25, -0.2) is 0 Å². The van der Waals surface area contributed by atoms with Gasteiger partial charge >= 0.3 is 0 Å². The maximum Gasteiger partial charge on any atom is 0.246 e. The Kier molecular flexibility index (Phi) is 6.89. The van der Waals surface area contributed by atoms with Gasteiger partial charge < -0.3 is 4.90 Å². The van der Waals surface area contributed by atoms with Crippen molar-refractivity contribution < 1.29 is 4.79 Å². The van der Waals surface area contributed by atoms with Crippen molar-refractivity contribution in [3.63, 3.8) is 0 Å². The SMILES string of the molecule is CCCCc1ccc(C2N(C)C3CCCCC3N2C)c(/C=C/C(=O)N(C)C)n1. The van der Waals surface area contributed by atoms with E-state index in [-0.39, 0.29) is 12.1 Å². The molecule has 1 aliphatic carbocycles. The molecule has 2 heterocycles. The van der Waals surface area contributed by atoms with Gasteiger partial charge in [-0.15, -0.1) is 0 Å². The zero-order valence-electron chi connectivity index (χ0n) is 18.2. The third kappa shape index (κ3) is 4.31. The molecule has 1 aromatic heterocycles. The van der Waals surface area contributed by atoms with Crippen LogP contribution in [0.3, 0.4) is 0 Å². The topological polar surface area (TPSA) is 39.7 Å².